The Labute approximate surface area is 174 Å². The second-order valence-electron chi connectivity index (χ2n) is 8.13. The first-order chi connectivity index (χ1) is 14.1. The third-order valence-corrected chi connectivity index (χ3v) is 5.80. The number of aliphatic hydroxyl groups excluding tert-OH is 1. The van der Waals surface area contributed by atoms with Crippen molar-refractivity contribution in [3.63, 3.8) is 0 Å². The van der Waals surface area contributed by atoms with Gasteiger partial charge in [-0.3, -0.25) is 0 Å². The van der Waals surface area contributed by atoms with Gasteiger partial charge >= 0.3 is 5.97 Å². The molecule has 0 bridgehead atoms. The van der Waals surface area contributed by atoms with Crippen LogP contribution in [0.5, 0.6) is 0 Å². The number of rotatable bonds is 8. The molecule has 0 unspecified atom stereocenters. The van der Waals surface area contributed by atoms with Crippen LogP contribution in [0.1, 0.15) is 68.1 Å². The highest BCUT2D eigenvalue weighted by Gasteiger charge is 2.16. The van der Waals surface area contributed by atoms with Crippen molar-refractivity contribution in [3.05, 3.63) is 71.3 Å². The second kappa shape index (κ2) is 10.4. The minimum Gasteiger partial charge on any atom is -0.457 e. The van der Waals surface area contributed by atoms with Gasteiger partial charge in [-0.25, -0.2) is 4.79 Å². The molecule has 1 aliphatic rings. The summed E-state index contributed by atoms with van der Waals surface area (Å²) in [6.07, 6.45) is 8.14. The number of carbonyl (C=O) groups is 1. The first-order valence-corrected chi connectivity index (χ1v) is 10.7. The van der Waals surface area contributed by atoms with Gasteiger partial charge < -0.3 is 9.84 Å². The number of carbonyl (C=O) groups excluding carboxylic acids is 1. The van der Waals surface area contributed by atoms with Crippen LogP contribution in [0.25, 0.3) is 11.1 Å². The summed E-state index contributed by atoms with van der Waals surface area (Å²) in [7, 11) is 0. The van der Waals surface area contributed by atoms with Crippen molar-refractivity contribution in [3.8, 4) is 11.1 Å². The van der Waals surface area contributed by atoms with Crippen molar-refractivity contribution in [2.75, 3.05) is 6.61 Å². The van der Waals surface area contributed by atoms with Crippen molar-refractivity contribution in [1.29, 1.82) is 0 Å². The topological polar surface area (TPSA) is 46.5 Å². The molecule has 0 radical (unpaired) electrons. The fourth-order valence-electron chi connectivity index (χ4n) is 4.12. The van der Waals surface area contributed by atoms with E-state index in [0.29, 0.717) is 11.5 Å². The van der Waals surface area contributed by atoms with Crippen LogP contribution >= 0.6 is 0 Å². The van der Waals surface area contributed by atoms with E-state index in [1.165, 1.54) is 37.7 Å². The SMILES string of the molecule is C=C(C)C(=O)OCc1cc(CCCO)ccc1-c1ccc(C2CCCCC2)cc1. The van der Waals surface area contributed by atoms with Gasteiger partial charge in [0.25, 0.3) is 0 Å². The van der Waals surface area contributed by atoms with Crippen LogP contribution in [0.2, 0.25) is 0 Å². The standard InChI is InChI=1S/C26H32O3/c1-19(2)26(28)29-18-24-17-20(7-6-16-27)10-15-25(24)23-13-11-22(12-14-23)21-8-4-3-5-9-21/h10-15,17,21,27H,1,3-9,16,18H2,2H3. The van der Waals surface area contributed by atoms with Crippen LogP contribution in [0, 0.1) is 0 Å². The zero-order chi connectivity index (χ0) is 20.6. The predicted octanol–water partition coefficient (Wildman–Crippen LogP) is 5.95. The Hall–Kier alpha value is -2.39. The van der Waals surface area contributed by atoms with Crippen LogP contribution in [0.4, 0.5) is 0 Å². The maximum absolute atomic E-state index is 11.9. The van der Waals surface area contributed by atoms with Crippen molar-refractivity contribution >= 4 is 5.97 Å². The lowest BCUT2D eigenvalue weighted by molar-refractivity contribution is -0.140. The van der Waals surface area contributed by atoms with Crippen LogP contribution < -0.4 is 0 Å². The molecule has 3 heteroatoms. The molecular formula is C26H32O3. The lowest BCUT2D eigenvalue weighted by Crippen LogP contribution is -2.06. The molecule has 0 amide bonds. The Balaban J connectivity index is 1.83. The molecule has 2 aromatic carbocycles. The molecular weight excluding hydrogens is 360 g/mol. The van der Waals surface area contributed by atoms with Crippen molar-refractivity contribution in [2.24, 2.45) is 0 Å². The molecule has 0 aromatic heterocycles. The molecule has 2 aromatic rings. The highest BCUT2D eigenvalue weighted by atomic mass is 16.5. The average Bonchev–Trinajstić information content (AvgIpc) is 2.76. The van der Waals surface area contributed by atoms with E-state index in [4.69, 9.17) is 9.84 Å². The molecule has 154 valence electrons. The van der Waals surface area contributed by atoms with E-state index in [-0.39, 0.29) is 19.2 Å². The fraction of sp³-hybridized carbons (Fsp3) is 0.423. The number of esters is 1. The summed E-state index contributed by atoms with van der Waals surface area (Å²) in [5.41, 5.74) is 6.19. The largest absolute Gasteiger partial charge is 0.457 e. The van der Waals surface area contributed by atoms with Gasteiger partial charge in [0.2, 0.25) is 0 Å². The van der Waals surface area contributed by atoms with E-state index in [1.54, 1.807) is 6.92 Å². The molecule has 0 saturated heterocycles. The van der Waals surface area contributed by atoms with Gasteiger partial charge in [0, 0.05) is 12.2 Å². The highest BCUT2D eigenvalue weighted by molar-refractivity contribution is 5.87. The van der Waals surface area contributed by atoms with Gasteiger partial charge in [0.05, 0.1) is 0 Å². The summed E-state index contributed by atoms with van der Waals surface area (Å²) < 4.78 is 5.44. The molecule has 0 heterocycles. The molecule has 1 saturated carbocycles. The summed E-state index contributed by atoms with van der Waals surface area (Å²) in [5, 5.41) is 9.12. The zero-order valence-corrected chi connectivity index (χ0v) is 17.5. The van der Waals surface area contributed by atoms with Crippen LogP contribution in [0.3, 0.4) is 0 Å². The normalized spacial score (nSPS) is 14.6. The van der Waals surface area contributed by atoms with E-state index in [9.17, 15) is 4.79 Å². The lowest BCUT2D eigenvalue weighted by Gasteiger charge is -2.22. The quantitative estimate of drug-likeness (QED) is 0.446. The lowest BCUT2D eigenvalue weighted by atomic mass is 9.83. The summed E-state index contributed by atoms with van der Waals surface area (Å²) in [4.78, 5) is 11.9. The molecule has 3 rings (SSSR count). The zero-order valence-electron chi connectivity index (χ0n) is 17.5. The maximum atomic E-state index is 11.9. The van der Waals surface area contributed by atoms with Gasteiger partial charge in [0.1, 0.15) is 6.61 Å². The minimum atomic E-state index is -0.371. The minimum absolute atomic E-state index is 0.171. The molecule has 29 heavy (non-hydrogen) atoms. The van der Waals surface area contributed by atoms with Crippen molar-refractivity contribution in [1.82, 2.24) is 0 Å². The number of aliphatic hydroxyl groups is 1. The van der Waals surface area contributed by atoms with E-state index in [0.717, 1.165) is 35.1 Å². The van der Waals surface area contributed by atoms with E-state index >= 15 is 0 Å². The summed E-state index contributed by atoms with van der Waals surface area (Å²) in [5.74, 6) is 0.319. The van der Waals surface area contributed by atoms with Gasteiger partial charge in [0.15, 0.2) is 0 Å². The number of benzene rings is 2. The van der Waals surface area contributed by atoms with Gasteiger partial charge in [-0.1, -0.05) is 68.3 Å². The second-order valence-corrected chi connectivity index (χ2v) is 8.13. The van der Waals surface area contributed by atoms with Crippen LogP contribution in [-0.2, 0) is 22.6 Å². The number of aryl methyl sites for hydroxylation is 1. The van der Waals surface area contributed by atoms with Gasteiger partial charge in [-0.15, -0.1) is 0 Å². The smallest absolute Gasteiger partial charge is 0.333 e. The number of hydrogen-bond donors (Lipinski definition) is 1. The first-order valence-electron chi connectivity index (χ1n) is 10.7. The Kier molecular flexibility index (Phi) is 7.65. The molecule has 0 aliphatic heterocycles. The first kappa shape index (κ1) is 21.3. The van der Waals surface area contributed by atoms with Crippen LogP contribution in [-0.4, -0.2) is 17.7 Å². The Morgan fingerprint density at radius 3 is 2.48 bits per heavy atom. The molecule has 1 aliphatic carbocycles. The number of ether oxygens (including phenoxy) is 1. The summed E-state index contributed by atoms with van der Waals surface area (Å²) in [6.45, 7) is 5.71. The van der Waals surface area contributed by atoms with Gasteiger partial charge in [-0.2, -0.15) is 0 Å². The Morgan fingerprint density at radius 1 is 1.10 bits per heavy atom. The number of hydrogen-bond acceptors (Lipinski definition) is 3. The molecule has 0 atom stereocenters. The Morgan fingerprint density at radius 2 is 1.83 bits per heavy atom. The average molecular weight is 393 g/mol. The summed E-state index contributed by atoms with van der Waals surface area (Å²) in [6, 6.07) is 15.2. The van der Waals surface area contributed by atoms with Crippen molar-refractivity contribution < 1.29 is 14.6 Å². The maximum Gasteiger partial charge on any atom is 0.333 e. The molecule has 0 spiro atoms. The summed E-state index contributed by atoms with van der Waals surface area (Å²) >= 11 is 0. The third kappa shape index (κ3) is 5.80. The molecule has 1 fully saturated rings. The predicted molar refractivity (Wildman–Crippen MR) is 118 cm³/mol. The molecule has 1 N–H and O–H groups in total. The van der Waals surface area contributed by atoms with Crippen LogP contribution in [0.15, 0.2) is 54.6 Å². The van der Waals surface area contributed by atoms with E-state index in [2.05, 4.69) is 49.0 Å². The van der Waals surface area contributed by atoms with E-state index in [1.807, 2.05) is 0 Å². The monoisotopic (exact) mass is 392 g/mol. The molecule has 3 nitrogen and oxygen atoms in total. The highest BCUT2D eigenvalue weighted by Crippen LogP contribution is 2.34. The van der Waals surface area contributed by atoms with E-state index < -0.39 is 0 Å². The Bertz CT molecular complexity index is 830. The third-order valence-electron chi connectivity index (χ3n) is 5.80. The van der Waals surface area contributed by atoms with Gasteiger partial charge in [-0.05, 0) is 66.3 Å². The van der Waals surface area contributed by atoms with Crippen molar-refractivity contribution in [2.45, 2.75) is 64.4 Å². The fourth-order valence-corrected chi connectivity index (χ4v) is 4.12.